The minimum atomic E-state index is -3.75. The lowest BCUT2D eigenvalue weighted by Gasteiger charge is -2.19. The Bertz CT molecular complexity index is 329. The molecule has 2 atom stereocenters. The fourth-order valence-electron chi connectivity index (χ4n) is 0.691. The van der Waals surface area contributed by atoms with Gasteiger partial charge >= 0.3 is 7.60 Å². The first-order chi connectivity index (χ1) is 8.58. The van der Waals surface area contributed by atoms with E-state index in [-0.39, 0.29) is 12.2 Å². The van der Waals surface area contributed by atoms with Gasteiger partial charge in [-0.1, -0.05) is 33.8 Å². The molecule has 0 aromatic carbocycles. The Morgan fingerprint density at radius 3 is 2.05 bits per heavy atom. The molecule has 19 heavy (non-hydrogen) atoms. The highest BCUT2D eigenvalue weighted by Gasteiger charge is 2.29. The molecule has 0 radical (unpaired) electrons. The van der Waals surface area contributed by atoms with Crippen molar-refractivity contribution < 1.29 is 18.8 Å². The second-order valence-corrected chi connectivity index (χ2v) is 6.87. The van der Waals surface area contributed by atoms with E-state index in [0.29, 0.717) is 0 Å². The summed E-state index contributed by atoms with van der Waals surface area (Å²) in [6.07, 6.45) is 1.31. The first kappa shape index (κ1) is 20.7. The fourth-order valence-corrected chi connectivity index (χ4v) is 1.57. The Hall–Kier alpha value is -0.640. The largest absolute Gasteiger partial charge is 0.349 e. The zero-order valence-corrected chi connectivity index (χ0v) is 13.8. The van der Waals surface area contributed by atoms with E-state index in [1.165, 1.54) is 20.3 Å². The molecule has 0 heterocycles. The van der Waals surface area contributed by atoms with Crippen LogP contribution in [0.3, 0.4) is 0 Å². The van der Waals surface area contributed by atoms with Crippen LogP contribution >= 0.6 is 7.60 Å². The van der Waals surface area contributed by atoms with Crippen molar-refractivity contribution in [1.29, 1.82) is 0 Å². The Morgan fingerprint density at radius 1 is 1.37 bits per heavy atom. The molecule has 0 fully saturated rings. The highest BCUT2D eigenvalue weighted by Crippen LogP contribution is 2.45. The van der Waals surface area contributed by atoms with E-state index in [4.69, 9.17) is 0 Å². The normalized spacial score (nSPS) is 14.9. The summed E-state index contributed by atoms with van der Waals surface area (Å²) in [5, 5.41) is 2.33. The summed E-state index contributed by atoms with van der Waals surface area (Å²) in [5.41, 5.74) is 0.286. The monoisotopic (exact) mass is 293 g/mol. The number of carbonyl (C=O) groups is 1. The maximum Gasteiger partial charge on any atom is 0.349 e. The molecule has 0 aliphatic rings. The van der Waals surface area contributed by atoms with Gasteiger partial charge in [0.2, 0.25) is 5.91 Å². The molecule has 5 nitrogen and oxygen atoms in total. The van der Waals surface area contributed by atoms with Crippen molar-refractivity contribution in [2.75, 3.05) is 6.61 Å². The summed E-state index contributed by atoms with van der Waals surface area (Å²) in [6, 6.07) is 0. The van der Waals surface area contributed by atoms with E-state index in [1.54, 1.807) is 6.92 Å². The topological polar surface area (TPSA) is 75.6 Å². The van der Waals surface area contributed by atoms with Crippen LogP contribution in [0.2, 0.25) is 0 Å². The third kappa shape index (κ3) is 10.9. The van der Waals surface area contributed by atoms with Crippen molar-refractivity contribution >= 4 is 13.5 Å². The average molecular weight is 293 g/mol. The second-order valence-electron chi connectivity index (χ2n) is 4.71. The minimum Gasteiger partial charge on any atom is -0.338 e. The van der Waals surface area contributed by atoms with Gasteiger partial charge < -0.3 is 14.7 Å². The number of nitrogens with one attached hydrogen (secondary N) is 1. The van der Waals surface area contributed by atoms with Crippen molar-refractivity contribution in [1.82, 2.24) is 5.32 Å². The summed E-state index contributed by atoms with van der Waals surface area (Å²) < 4.78 is 16.0. The number of carbonyl (C=O) groups excluding carboxylic acids is 1. The summed E-state index contributed by atoms with van der Waals surface area (Å²) in [5.74, 6) is -0.492. The number of rotatable bonds is 6. The van der Waals surface area contributed by atoms with Crippen molar-refractivity contribution in [3.8, 4) is 0 Å². The molecular weight excluding hydrogens is 265 g/mol. The Kier molecular flexibility index (Phi) is 11.1. The molecule has 0 aliphatic heterocycles. The lowest BCUT2D eigenvalue weighted by Crippen LogP contribution is -2.33. The van der Waals surface area contributed by atoms with Crippen LogP contribution in [-0.4, -0.2) is 23.2 Å². The minimum absolute atomic E-state index is 0.126. The molecule has 6 heteroatoms. The van der Waals surface area contributed by atoms with Gasteiger partial charge in [-0.3, -0.25) is 9.36 Å². The van der Waals surface area contributed by atoms with Gasteiger partial charge in [0.05, 0.1) is 6.61 Å². The Morgan fingerprint density at radius 2 is 1.79 bits per heavy atom. The van der Waals surface area contributed by atoms with Crippen LogP contribution in [0.4, 0.5) is 0 Å². The van der Waals surface area contributed by atoms with Gasteiger partial charge in [0.1, 0.15) is 5.78 Å². The predicted octanol–water partition coefficient (Wildman–Crippen LogP) is 3.30. The van der Waals surface area contributed by atoms with Crippen LogP contribution in [0.5, 0.6) is 0 Å². The summed E-state index contributed by atoms with van der Waals surface area (Å²) in [6.45, 7) is 14.7. The molecule has 0 saturated carbocycles. The first-order valence-corrected chi connectivity index (χ1v) is 8.16. The van der Waals surface area contributed by atoms with Gasteiger partial charge in [0.15, 0.2) is 0 Å². The quantitative estimate of drug-likeness (QED) is 0.582. The summed E-state index contributed by atoms with van der Waals surface area (Å²) in [4.78, 5) is 20.4. The van der Waals surface area contributed by atoms with Crippen LogP contribution < -0.4 is 5.32 Å². The molecule has 114 valence electrons. The first-order valence-electron chi connectivity index (χ1n) is 6.51. The molecule has 2 N–H and O–H groups in total. The van der Waals surface area contributed by atoms with Crippen molar-refractivity contribution in [3.05, 3.63) is 12.2 Å². The molecule has 1 amide bonds. The third-order valence-corrected chi connectivity index (χ3v) is 4.08. The molecule has 0 saturated heterocycles. The van der Waals surface area contributed by atoms with E-state index in [2.05, 4.69) is 37.2 Å². The van der Waals surface area contributed by atoms with Gasteiger partial charge in [0.25, 0.3) is 0 Å². The Balaban J connectivity index is 0. The van der Waals surface area contributed by atoms with Gasteiger partial charge in [0, 0.05) is 5.57 Å². The SMILES string of the molecule is C=C(C)C(=O)NC(C)P(=O)(O)OCC.CCC(C)C. The van der Waals surface area contributed by atoms with Gasteiger partial charge in [-0.25, -0.2) is 0 Å². The molecule has 0 aromatic rings. The van der Waals surface area contributed by atoms with Crippen molar-refractivity contribution in [2.45, 2.75) is 53.7 Å². The zero-order valence-electron chi connectivity index (χ0n) is 12.9. The highest BCUT2D eigenvalue weighted by atomic mass is 31.2. The van der Waals surface area contributed by atoms with Gasteiger partial charge in [-0.2, -0.15) is 0 Å². The van der Waals surface area contributed by atoms with Crippen molar-refractivity contribution in [2.24, 2.45) is 5.92 Å². The van der Waals surface area contributed by atoms with Gasteiger partial charge in [-0.15, -0.1) is 0 Å². The molecule has 0 rings (SSSR count). The lowest BCUT2D eigenvalue weighted by atomic mass is 10.2. The van der Waals surface area contributed by atoms with Crippen LogP contribution in [-0.2, 0) is 13.9 Å². The van der Waals surface area contributed by atoms with Crippen LogP contribution in [0.25, 0.3) is 0 Å². The third-order valence-electron chi connectivity index (χ3n) is 2.35. The highest BCUT2D eigenvalue weighted by molar-refractivity contribution is 7.53. The zero-order chi connectivity index (χ0) is 15.6. The van der Waals surface area contributed by atoms with Crippen molar-refractivity contribution in [3.63, 3.8) is 0 Å². The fraction of sp³-hybridized carbons (Fsp3) is 0.769. The molecule has 0 spiro atoms. The molecule has 0 bridgehead atoms. The number of amides is 1. The van der Waals surface area contributed by atoms with E-state index in [9.17, 15) is 14.3 Å². The van der Waals surface area contributed by atoms with Crippen LogP contribution in [0, 0.1) is 5.92 Å². The van der Waals surface area contributed by atoms with E-state index < -0.39 is 19.3 Å². The smallest absolute Gasteiger partial charge is 0.338 e. The standard InChI is InChI=1S/C8H16NO4P.C5H12/c1-5-13-14(11,12)7(4)9-8(10)6(2)3;1-4-5(2)3/h7H,2,5H2,1,3-4H3,(H,9,10)(H,11,12);5H,4H2,1-3H3. The maximum absolute atomic E-state index is 11.4. The Labute approximate surface area is 117 Å². The van der Waals surface area contributed by atoms with Gasteiger partial charge in [-0.05, 0) is 26.7 Å². The van der Waals surface area contributed by atoms with E-state index in [1.807, 2.05) is 0 Å². The van der Waals surface area contributed by atoms with Crippen LogP contribution in [0.1, 0.15) is 48.0 Å². The number of hydrogen-bond acceptors (Lipinski definition) is 3. The predicted molar refractivity (Wildman–Crippen MR) is 79.0 cm³/mol. The molecule has 2 unspecified atom stereocenters. The van der Waals surface area contributed by atoms with E-state index >= 15 is 0 Å². The lowest BCUT2D eigenvalue weighted by molar-refractivity contribution is -0.117. The van der Waals surface area contributed by atoms with Crippen LogP contribution in [0.15, 0.2) is 12.2 Å². The second kappa shape index (κ2) is 10.2. The summed E-state index contributed by atoms with van der Waals surface area (Å²) in [7, 11) is -3.75. The molecule has 0 aliphatic carbocycles. The maximum atomic E-state index is 11.4. The average Bonchev–Trinajstić information content (AvgIpc) is 2.29. The summed E-state index contributed by atoms with van der Waals surface area (Å²) >= 11 is 0. The molecular formula is C13H28NO4P. The number of hydrogen-bond donors (Lipinski definition) is 2. The van der Waals surface area contributed by atoms with E-state index in [0.717, 1.165) is 5.92 Å². The molecule has 0 aromatic heterocycles.